The molecule has 2 aromatic rings. The quantitative estimate of drug-likeness (QED) is 0.771. The molecule has 6 nitrogen and oxygen atoms in total. The number of anilines is 1. The maximum atomic E-state index is 12.4. The van der Waals surface area contributed by atoms with Crippen LogP contribution in [0.2, 0.25) is 5.02 Å². The fraction of sp³-hybridized carbons (Fsp3) is 0.227. The van der Waals surface area contributed by atoms with E-state index in [1.807, 2.05) is 17.0 Å². The van der Waals surface area contributed by atoms with E-state index >= 15 is 0 Å². The molecule has 2 amide bonds. The highest BCUT2D eigenvalue weighted by atomic mass is 35.5. The smallest absolute Gasteiger partial charge is 0.246 e. The first kappa shape index (κ1) is 20.6. The molecule has 7 heteroatoms. The van der Waals surface area contributed by atoms with Gasteiger partial charge in [0.25, 0.3) is 0 Å². The van der Waals surface area contributed by atoms with E-state index in [0.717, 1.165) is 5.56 Å². The molecular formula is C22H21ClN4O2. The fourth-order valence-corrected chi connectivity index (χ4v) is 3.21. The minimum absolute atomic E-state index is 0.0606. The van der Waals surface area contributed by atoms with E-state index in [-0.39, 0.29) is 18.4 Å². The summed E-state index contributed by atoms with van der Waals surface area (Å²) in [7, 11) is 0. The zero-order chi connectivity index (χ0) is 20.6. The van der Waals surface area contributed by atoms with Crippen LogP contribution >= 0.6 is 11.6 Å². The van der Waals surface area contributed by atoms with Gasteiger partial charge in [0.1, 0.15) is 0 Å². The van der Waals surface area contributed by atoms with E-state index in [1.54, 1.807) is 53.5 Å². The second-order valence-corrected chi connectivity index (χ2v) is 7.10. The van der Waals surface area contributed by atoms with Crippen molar-refractivity contribution in [3.63, 3.8) is 0 Å². The molecule has 1 fully saturated rings. The highest BCUT2D eigenvalue weighted by Crippen LogP contribution is 2.20. The average Bonchev–Trinajstić information content (AvgIpc) is 2.74. The summed E-state index contributed by atoms with van der Waals surface area (Å²) in [5.74, 6) is -0.187. The number of nitrogens with zero attached hydrogens (tertiary/aromatic N) is 3. The summed E-state index contributed by atoms with van der Waals surface area (Å²) in [5.41, 5.74) is 2.05. The van der Waals surface area contributed by atoms with Crippen LogP contribution in [0.3, 0.4) is 0 Å². The van der Waals surface area contributed by atoms with Crippen LogP contribution in [0.25, 0.3) is 6.08 Å². The van der Waals surface area contributed by atoms with Gasteiger partial charge in [0.2, 0.25) is 11.8 Å². The second-order valence-electron chi connectivity index (χ2n) is 6.70. The Morgan fingerprint density at radius 1 is 1.07 bits per heavy atom. The first-order valence-electron chi connectivity index (χ1n) is 9.29. The van der Waals surface area contributed by atoms with E-state index in [1.165, 1.54) is 0 Å². The molecule has 1 aliphatic heterocycles. The van der Waals surface area contributed by atoms with E-state index < -0.39 is 0 Å². The summed E-state index contributed by atoms with van der Waals surface area (Å²) in [6, 6.07) is 16.2. The molecule has 2 aromatic carbocycles. The number of hydrogen-bond acceptors (Lipinski definition) is 4. The summed E-state index contributed by atoms with van der Waals surface area (Å²) in [5, 5.41) is 12.1. The van der Waals surface area contributed by atoms with Gasteiger partial charge in [-0.2, -0.15) is 5.26 Å². The molecule has 1 saturated heterocycles. The van der Waals surface area contributed by atoms with Crippen LogP contribution in [-0.2, 0) is 9.59 Å². The zero-order valence-corrected chi connectivity index (χ0v) is 16.6. The van der Waals surface area contributed by atoms with Gasteiger partial charge in [0.05, 0.1) is 28.9 Å². The predicted octanol–water partition coefficient (Wildman–Crippen LogP) is 3.01. The lowest BCUT2D eigenvalue weighted by atomic mass is 10.1. The van der Waals surface area contributed by atoms with Crippen molar-refractivity contribution in [2.45, 2.75) is 0 Å². The first-order valence-corrected chi connectivity index (χ1v) is 9.67. The third-order valence-corrected chi connectivity index (χ3v) is 4.99. The molecule has 0 aromatic heterocycles. The minimum Gasteiger partial charge on any atom is -0.337 e. The number of benzene rings is 2. The lowest BCUT2D eigenvalue weighted by Gasteiger charge is -2.33. The molecular weight excluding hydrogens is 388 g/mol. The number of amides is 2. The summed E-state index contributed by atoms with van der Waals surface area (Å²) >= 11 is 6.06. The largest absolute Gasteiger partial charge is 0.337 e. The van der Waals surface area contributed by atoms with Gasteiger partial charge in [0.15, 0.2) is 0 Å². The Bertz CT molecular complexity index is 942. The van der Waals surface area contributed by atoms with Gasteiger partial charge in [-0.1, -0.05) is 35.9 Å². The molecule has 148 valence electrons. The highest BCUT2D eigenvalue weighted by Gasteiger charge is 2.21. The molecule has 3 rings (SSSR count). The van der Waals surface area contributed by atoms with Crippen LogP contribution < -0.4 is 5.32 Å². The number of carbonyl (C=O) groups is 2. The van der Waals surface area contributed by atoms with Crippen molar-refractivity contribution in [1.82, 2.24) is 9.80 Å². The van der Waals surface area contributed by atoms with Crippen molar-refractivity contribution >= 4 is 35.2 Å². The van der Waals surface area contributed by atoms with Gasteiger partial charge in [-0.25, -0.2) is 0 Å². The van der Waals surface area contributed by atoms with Gasteiger partial charge in [-0.15, -0.1) is 0 Å². The van der Waals surface area contributed by atoms with Gasteiger partial charge in [0, 0.05) is 32.3 Å². The standard InChI is InChI=1S/C22H21ClN4O2/c23-19-3-1-2-4-20(19)25-21(28)16-26-11-13-27(14-12-26)22(29)10-9-17-5-7-18(15-24)8-6-17/h1-10H,11-14,16H2,(H,25,28)/b10-9+. The van der Waals surface area contributed by atoms with Crippen molar-refractivity contribution in [1.29, 1.82) is 5.26 Å². The molecule has 0 spiro atoms. The van der Waals surface area contributed by atoms with E-state index in [9.17, 15) is 9.59 Å². The summed E-state index contributed by atoms with van der Waals surface area (Å²) in [6.45, 7) is 2.65. The van der Waals surface area contributed by atoms with Gasteiger partial charge in [-0.05, 0) is 35.9 Å². The van der Waals surface area contributed by atoms with Crippen LogP contribution in [0, 0.1) is 11.3 Å². The molecule has 0 unspecified atom stereocenters. The lowest BCUT2D eigenvalue weighted by molar-refractivity contribution is -0.127. The first-order chi connectivity index (χ1) is 14.0. The van der Waals surface area contributed by atoms with Crippen LogP contribution in [0.1, 0.15) is 11.1 Å². The molecule has 0 radical (unpaired) electrons. The number of carbonyl (C=O) groups excluding carboxylic acids is 2. The van der Waals surface area contributed by atoms with Crippen molar-refractivity contribution in [3.8, 4) is 6.07 Å². The molecule has 0 bridgehead atoms. The Balaban J connectivity index is 1.45. The lowest BCUT2D eigenvalue weighted by Crippen LogP contribution is -2.50. The van der Waals surface area contributed by atoms with Crippen molar-refractivity contribution in [2.24, 2.45) is 0 Å². The zero-order valence-electron chi connectivity index (χ0n) is 15.8. The number of rotatable bonds is 5. The molecule has 0 atom stereocenters. The van der Waals surface area contributed by atoms with Crippen LogP contribution in [0.4, 0.5) is 5.69 Å². The van der Waals surface area contributed by atoms with E-state index in [2.05, 4.69) is 11.4 Å². The molecule has 1 heterocycles. The number of nitrogens with one attached hydrogen (secondary N) is 1. The monoisotopic (exact) mass is 408 g/mol. The Morgan fingerprint density at radius 3 is 2.41 bits per heavy atom. The van der Waals surface area contributed by atoms with Crippen LogP contribution in [-0.4, -0.2) is 54.3 Å². The Morgan fingerprint density at radius 2 is 1.76 bits per heavy atom. The fourth-order valence-electron chi connectivity index (χ4n) is 3.02. The topological polar surface area (TPSA) is 76.4 Å². The van der Waals surface area contributed by atoms with E-state index in [0.29, 0.717) is 42.5 Å². The predicted molar refractivity (Wildman–Crippen MR) is 113 cm³/mol. The molecule has 1 aliphatic rings. The van der Waals surface area contributed by atoms with E-state index in [4.69, 9.17) is 16.9 Å². The molecule has 1 N–H and O–H groups in total. The van der Waals surface area contributed by atoms with Crippen LogP contribution in [0.5, 0.6) is 0 Å². The SMILES string of the molecule is N#Cc1ccc(/C=C/C(=O)N2CCN(CC(=O)Nc3ccccc3Cl)CC2)cc1. The number of halogens is 1. The molecule has 0 aliphatic carbocycles. The number of hydrogen-bond donors (Lipinski definition) is 1. The number of para-hydroxylation sites is 1. The number of piperazine rings is 1. The second kappa shape index (κ2) is 9.87. The van der Waals surface area contributed by atoms with Crippen LogP contribution in [0.15, 0.2) is 54.6 Å². The van der Waals surface area contributed by atoms with Gasteiger partial charge in [-0.3, -0.25) is 14.5 Å². The molecule has 29 heavy (non-hydrogen) atoms. The van der Waals surface area contributed by atoms with Crippen molar-refractivity contribution in [2.75, 3.05) is 38.0 Å². The Hall–Kier alpha value is -3.14. The van der Waals surface area contributed by atoms with Gasteiger partial charge < -0.3 is 10.2 Å². The Kier molecular flexibility index (Phi) is 7.01. The maximum absolute atomic E-state index is 12.4. The third-order valence-electron chi connectivity index (χ3n) is 4.66. The summed E-state index contributed by atoms with van der Waals surface area (Å²) < 4.78 is 0. The average molecular weight is 409 g/mol. The van der Waals surface area contributed by atoms with Crippen molar-refractivity contribution in [3.05, 3.63) is 70.8 Å². The highest BCUT2D eigenvalue weighted by molar-refractivity contribution is 6.33. The maximum Gasteiger partial charge on any atom is 0.246 e. The number of nitriles is 1. The van der Waals surface area contributed by atoms with Gasteiger partial charge >= 0.3 is 0 Å². The van der Waals surface area contributed by atoms with Crippen molar-refractivity contribution < 1.29 is 9.59 Å². The Labute approximate surface area is 175 Å². The normalized spacial score (nSPS) is 14.6. The summed E-state index contributed by atoms with van der Waals surface area (Å²) in [4.78, 5) is 28.4. The molecule has 0 saturated carbocycles. The minimum atomic E-state index is -0.126. The summed E-state index contributed by atoms with van der Waals surface area (Å²) in [6.07, 6.45) is 3.29. The third kappa shape index (κ3) is 5.92.